The van der Waals surface area contributed by atoms with Crippen molar-refractivity contribution >= 4 is 133 Å². The minimum atomic E-state index is -0.377. The first-order chi connectivity index (χ1) is 56.4. The van der Waals surface area contributed by atoms with Gasteiger partial charge in [-0.1, -0.05) is 340 Å². The van der Waals surface area contributed by atoms with Crippen LogP contribution in [0.15, 0.2) is 279 Å². The van der Waals surface area contributed by atoms with Crippen molar-refractivity contribution < 1.29 is 0 Å². The molecule has 18 aromatic rings. The highest BCUT2D eigenvalue weighted by molar-refractivity contribution is 7.00. The quantitative estimate of drug-likeness (QED) is 0.0856. The summed E-state index contributed by atoms with van der Waals surface area (Å²) in [5.41, 5.74) is 34.7. The van der Waals surface area contributed by atoms with E-state index in [1.807, 2.05) is 0 Å². The molecule has 0 fully saturated rings. The molecule has 0 N–H and O–H groups in total. The first kappa shape index (κ1) is 75.8. The summed E-state index contributed by atoms with van der Waals surface area (Å²) >= 11 is 0. The molecule has 119 heavy (non-hydrogen) atoms. The van der Waals surface area contributed by atoms with Gasteiger partial charge in [0.1, 0.15) is 0 Å². The lowest BCUT2D eigenvalue weighted by Gasteiger charge is -2.47. The van der Waals surface area contributed by atoms with Crippen molar-refractivity contribution in [3.05, 3.63) is 318 Å². The van der Waals surface area contributed by atoms with Crippen molar-refractivity contribution in [1.82, 2.24) is 9.13 Å². The smallest absolute Gasteiger partial charge is 0.252 e. The van der Waals surface area contributed by atoms with E-state index in [9.17, 15) is 0 Å². The van der Waals surface area contributed by atoms with Crippen molar-refractivity contribution in [3.8, 4) is 55.9 Å². The predicted molar refractivity (Wildman–Crippen MR) is 517 cm³/mol. The van der Waals surface area contributed by atoms with E-state index < -0.39 is 0 Å². The highest BCUT2D eigenvalue weighted by Crippen LogP contribution is 2.58. The summed E-state index contributed by atoms with van der Waals surface area (Å²) < 4.78 is 5.16. The zero-order valence-corrected chi connectivity index (χ0v) is 73.4. The molecule has 0 amide bonds. The number of para-hydroxylation sites is 2. The second kappa shape index (κ2) is 26.3. The maximum atomic E-state index is 2.82. The van der Waals surface area contributed by atoms with Gasteiger partial charge in [-0.2, -0.15) is 0 Å². The second-order valence-corrected chi connectivity index (χ2v) is 41.9. The van der Waals surface area contributed by atoms with Crippen molar-refractivity contribution in [2.75, 3.05) is 9.80 Å². The summed E-state index contributed by atoms with van der Waals surface area (Å²) in [6, 6.07) is 111. The van der Waals surface area contributed by atoms with E-state index in [1.54, 1.807) is 0 Å². The van der Waals surface area contributed by atoms with Crippen LogP contribution in [0.4, 0.5) is 34.1 Å². The molecular formula is C114H109BN4. The number of nitrogens with zero attached hydrogens (tertiary/aromatic N) is 4. The molecule has 0 atom stereocenters. The molecule has 588 valence electrons. The van der Waals surface area contributed by atoms with Gasteiger partial charge in [-0.25, -0.2) is 0 Å². The van der Waals surface area contributed by atoms with Crippen LogP contribution in [-0.4, -0.2) is 15.8 Å². The van der Waals surface area contributed by atoms with Crippen LogP contribution < -0.4 is 26.2 Å². The third-order valence-corrected chi connectivity index (χ3v) is 26.6. The number of benzene rings is 16. The Kier molecular flexibility index (Phi) is 16.7. The fourth-order valence-corrected chi connectivity index (χ4v) is 19.9. The number of rotatable bonds is 8. The Hall–Kier alpha value is -11.9. The van der Waals surface area contributed by atoms with Crippen molar-refractivity contribution in [3.63, 3.8) is 0 Å². The zero-order valence-electron chi connectivity index (χ0n) is 73.4. The maximum absolute atomic E-state index is 2.82. The molecule has 2 aromatic heterocycles. The van der Waals surface area contributed by atoms with Crippen LogP contribution in [0.1, 0.15) is 184 Å². The average Bonchev–Trinajstić information content (AvgIpc) is 1.56. The Bertz CT molecular complexity index is 6910. The van der Waals surface area contributed by atoms with E-state index in [0.29, 0.717) is 0 Å². The first-order valence-electron chi connectivity index (χ1n) is 43.2. The van der Waals surface area contributed by atoms with Crippen LogP contribution in [0.2, 0.25) is 0 Å². The van der Waals surface area contributed by atoms with Gasteiger partial charge >= 0.3 is 0 Å². The Balaban J connectivity index is 0.998. The summed E-state index contributed by atoms with van der Waals surface area (Å²) in [4.78, 5) is 5.63. The molecule has 2 aliphatic rings. The Morgan fingerprint density at radius 2 is 0.521 bits per heavy atom. The van der Waals surface area contributed by atoms with Crippen molar-refractivity contribution in [2.24, 2.45) is 0 Å². The predicted octanol–water partition coefficient (Wildman–Crippen LogP) is 30.0. The molecule has 0 unspecified atom stereocenters. The Labute approximate surface area is 704 Å². The summed E-state index contributed by atoms with van der Waals surface area (Å²) in [6.07, 6.45) is 0. The molecule has 5 heteroatoms. The van der Waals surface area contributed by atoms with E-state index in [4.69, 9.17) is 0 Å². The monoisotopic (exact) mass is 1540 g/mol. The van der Waals surface area contributed by atoms with Crippen LogP contribution in [0.3, 0.4) is 0 Å². The topological polar surface area (TPSA) is 16.3 Å². The third-order valence-electron chi connectivity index (χ3n) is 26.6. The van der Waals surface area contributed by atoms with E-state index >= 15 is 0 Å². The summed E-state index contributed by atoms with van der Waals surface area (Å²) in [5, 5.41) is 12.9. The summed E-state index contributed by atoms with van der Waals surface area (Å²) in [5.74, 6) is 0. The third kappa shape index (κ3) is 12.1. The van der Waals surface area contributed by atoms with Gasteiger partial charge < -0.3 is 18.9 Å². The van der Waals surface area contributed by atoms with E-state index in [-0.39, 0.29) is 44.6 Å². The van der Waals surface area contributed by atoms with Crippen LogP contribution >= 0.6 is 0 Å². The molecule has 2 aliphatic heterocycles. The normalized spacial score (nSPS) is 13.7. The minimum absolute atomic E-state index is 0.141. The maximum Gasteiger partial charge on any atom is 0.252 e. The molecule has 4 nitrogen and oxygen atoms in total. The van der Waals surface area contributed by atoms with Gasteiger partial charge in [0, 0.05) is 77.9 Å². The lowest BCUT2D eigenvalue weighted by molar-refractivity contribution is 0.589. The standard InChI is InChI=1S/C114H109BN4/c1-108(2,3)74-38-26-34-70(56-74)87-60-78(112(13,14)15)61-88(71-35-27-39-75(57-71)109(4,5)6)106(87)118-97-66-81(116-93-46-24-22-42-83(93)84-43-23-25-47-94(84)116)50-52-91(97)115-92-53-51-82(117-95-54-48-68-32-30-44-85-86-45-31-33-69-49-55-96(117)104(102(69)86)103(95)101(68)85)67-98(92)119(100-65-80(114(19,20)21)64-99(118)105(100)115)107-89(72-36-28-40-76(58-72)110(7,8)9)62-79(113(16,17)18)63-90(107)73-37-29-41-77(59-73)111(10,11)12/h22-67H,1-21H3. The molecule has 0 radical (unpaired) electrons. The number of hydrogen-bond donors (Lipinski definition) is 0. The Morgan fingerprint density at radius 1 is 0.218 bits per heavy atom. The summed E-state index contributed by atoms with van der Waals surface area (Å²) in [6.45, 7) is 49.8. The van der Waals surface area contributed by atoms with E-state index in [2.05, 4.69) is 443 Å². The van der Waals surface area contributed by atoms with E-state index in [0.717, 1.165) is 34.1 Å². The van der Waals surface area contributed by atoms with Crippen molar-refractivity contribution in [1.29, 1.82) is 0 Å². The molecule has 16 aromatic carbocycles. The van der Waals surface area contributed by atoms with Gasteiger partial charge in [0.05, 0.1) is 33.4 Å². The molecule has 20 rings (SSSR count). The van der Waals surface area contributed by atoms with Gasteiger partial charge in [0.25, 0.3) is 6.71 Å². The average molecular weight is 1550 g/mol. The lowest BCUT2D eigenvalue weighted by atomic mass is 9.33. The highest BCUT2D eigenvalue weighted by Gasteiger charge is 2.47. The number of aromatic nitrogens is 2. The van der Waals surface area contributed by atoms with Crippen LogP contribution in [0.25, 0.3) is 132 Å². The molecule has 0 saturated carbocycles. The highest BCUT2D eigenvalue weighted by atomic mass is 15.2. The van der Waals surface area contributed by atoms with Crippen LogP contribution in [0, 0.1) is 0 Å². The fraction of sp³-hybridized carbons (Fsp3) is 0.246. The van der Waals surface area contributed by atoms with Crippen molar-refractivity contribution in [2.45, 2.75) is 183 Å². The zero-order chi connectivity index (χ0) is 83.0. The molecular weight excluding hydrogens is 1440 g/mol. The molecule has 0 saturated heterocycles. The van der Waals surface area contributed by atoms with Gasteiger partial charge in [-0.15, -0.1) is 0 Å². The minimum Gasteiger partial charge on any atom is -0.310 e. The van der Waals surface area contributed by atoms with Gasteiger partial charge in [-0.05, 0) is 233 Å². The SMILES string of the molecule is CC(C)(C)c1cccc(-c2cc(C(C)(C)C)cc(-c3cccc(C(C)(C)C)c3)c2N2c3cc(-n4c5ccccc5c5ccccc54)ccc3B3c4ccc(-n5c6ccc7cccc8c9cccc%10ccc5c(c%109)c6c78)cc4N(c4c(-c5cccc(C(C)(C)C)c5)cc(C(C)(C)C)cc4-c4cccc(C(C)(C)C)c4)c4cc(C(C)(C)C)cc2c43)c1. The first-order valence-corrected chi connectivity index (χ1v) is 43.2. The number of hydrogen-bond acceptors (Lipinski definition) is 2. The second-order valence-electron chi connectivity index (χ2n) is 41.9. The molecule has 0 bridgehead atoms. The van der Waals surface area contributed by atoms with Crippen LogP contribution in [0.5, 0.6) is 0 Å². The van der Waals surface area contributed by atoms with Gasteiger partial charge in [-0.3, -0.25) is 0 Å². The lowest BCUT2D eigenvalue weighted by Crippen LogP contribution is -2.61. The molecule has 0 aliphatic carbocycles. The Morgan fingerprint density at radius 3 is 0.857 bits per heavy atom. The van der Waals surface area contributed by atoms with E-state index in [1.165, 1.54) is 187 Å². The molecule has 0 spiro atoms. The van der Waals surface area contributed by atoms with Gasteiger partial charge in [0.2, 0.25) is 0 Å². The molecule has 4 heterocycles. The number of fused-ring (bicyclic) bond motifs is 8. The van der Waals surface area contributed by atoms with Crippen LogP contribution in [-0.2, 0) is 37.9 Å². The largest absolute Gasteiger partial charge is 0.310 e. The number of anilines is 6. The van der Waals surface area contributed by atoms with Gasteiger partial charge in [0.15, 0.2) is 0 Å². The fourth-order valence-electron chi connectivity index (χ4n) is 19.9. The summed E-state index contributed by atoms with van der Waals surface area (Å²) in [7, 11) is 0.